The van der Waals surface area contributed by atoms with Gasteiger partial charge >= 0.3 is 0 Å². The third-order valence-electron chi connectivity index (χ3n) is 4.39. The van der Waals surface area contributed by atoms with E-state index in [0.29, 0.717) is 43.5 Å². The van der Waals surface area contributed by atoms with Crippen LogP contribution in [0.25, 0.3) is 11.4 Å². The van der Waals surface area contributed by atoms with E-state index in [1.807, 2.05) is 65.6 Å². The summed E-state index contributed by atoms with van der Waals surface area (Å²) in [6.07, 6.45) is 1.73. The number of nitrogens with one attached hydrogen (secondary N) is 1. The van der Waals surface area contributed by atoms with Crippen LogP contribution in [-0.2, 0) is 4.74 Å². The Hall–Kier alpha value is -3.25. The molecule has 1 aromatic heterocycles. The molecule has 4 rings (SSSR count). The zero-order valence-corrected chi connectivity index (χ0v) is 14.8. The molecule has 0 aliphatic carbocycles. The van der Waals surface area contributed by atoms with Crippen LogP contribution in [0, 0.1) is 0 Å². The molecular weight excluding hydrogens is 340 g/mol. The van der Waals surface area contributed by atoms with Crippen molar-refractivity contribution in [3.05, 3.63) is 72.4 Å². The highest BCUT2D eigenvalue weighted by atomic mass is 16.5. The van der Waals surface area contributed by atoms with Crippen molar-refractivity contribution < 1.29 is 9.53 Å². The Morgan fingerprint density at radius 2 is 1.70 bits per heavy atom. The van der Waals surface area contributed by atoms with Gasteiger partial charge < -0.3 is 15.0 Å². The molecule has 0 atom stereocenters. The van der Waals surface area contributed by atoms with Crippen LogP contribution in [-0.4, -0.2) is 47.1 Å². The number of aromatic nitrogens is 2. The molecule has 1 aliphatic rings. The third-order valence-corrected chi connectivity index (χ3v) is 4.39. The van der Waals surface area contributed by atoms with Crippen molar-refractivity contribution in [1.82, 2.24) is 14.9 Å². The van der Waals surface area contributed by atoms with E-state index in [9.17, 15) is 4.79 Å². The summed E-state index contributed by atoms with van der Waals surface area (Å²) in [6, 6.07) is 19.1. The zero-order chi connectivity index (χ0) is 18.5. The maximum Gasteiger partial charge on any atom is 0.254 e. The van der Waals surface area contributed by atoms with E-state index in [4.69, 9.17) is 4.74 Å². The maximum atomic E-state index is 12.5. The molecule has 1 amide bonds. The van der Waals surface area contributed by atoms with Gasteiger partial charge in [-0.25, -0.2) is 9.97 Å². The predicted molar refractivity (Wildman–Crippen MR) is 104 cm³/mol. The molecule has 1 fully saturated rings. The molecule has 6 nitrogen and oxygen atoms in total. The number of carbonyl (C=O) groups excluding carboxylic acids is 1. The molecule has 6 heteroatoms. The van der Waals surface area contributed by atoms with Crippen molar-refractivity contribution in [2.75, 3.05) is 31.6 Å². The summed E-state index contributed by atoms with van der Waals surface area (Å²) in [6.45, 7) is 2.48. The first-order valence-corrected chi connectivity index (χ1v) is 8.92. The smallest absolute Gasteiger partial charge is 0.254 e. The fraction of sp³-hybridized carbons (Fsp3) is 0.190. The van der Waals surface area contributed by atoms with Crippen molar-refractivity contribution >= 4 is 17.4 Å². The van der Waals surface area contributed by atoms with Gasteiger partial charge in [0.25, 0.3) is 5.91 Å². The van der Waals surface area contributed by atoms with Gasteiger partial charge in [-0.1, -0.05) is 30.3 Å². The summed E-state index contributed by atoms with van der Waals surface area (Å²) in [5.74, 6) is 1.41. The molecule has 136 valence electrons. The van der Waals surface area contributed by atoms with Gasteiger partial charge in [0.05, 0.1) is 13.2 Å². The van der Waals surface area contributed by atoms with Crippen molar-refractivity contribution in [1.29, 1.82) is 0 Å². The minimum Gasteiger partial charge on any atom is -0.378 e. The van der Waals surface area contributed by atoms with E-state index in [0.717, 1.165) is 11.3 Å². The number of hydrogen-bond acceptors (Lipinski definition) is 5. The van der Waals surface area contributed by atoms with Gasteiger partial charge in [0.15, 0.2) is 5.82 Å². The minimum atomic E-state index is 0.0400. The topological polar surface area (TPSA) is 67.4 Å². The fourth-order valence-corrected chi connectivity index (χ4v) is 2.95. The summed E-state index contributed by atoms with van der Waals surface area (Å²) < 4.78 is 5.30. The van der Waals surface area contributed by atoms with Crippen molar-refractivity contribution in [3.63, 3.8) is 0 Å². The maximum absolute atomic E-state index is 12.5. The molecule has 0 bridgehead atoms. The fourth-order valence-electron chi connectivity index (χ4n) is 2.95. The number of nitrogens with zero attached hydrogens (tertiary/aromatic N) is 3. The van der Waals surface area contributed by atoms with Crippen LogP contribution in [0.1, 0.15) is 10.4 Å². The molecule has 0 radical (unpaired) electrons. The highest BCUT2D eigenvalue weighted by Gasteiger charge is 2.18. The van der Waals surface area contributed by atoms with Gasteiger partial charge in [0.1, 0.15) is 5.82 Å². The molecular formula is C21H20N4O2. The van der Waals surface area contributed by atoms with Crippen LogP contribution in [0.3, 0.4) is 0 Å². The Balaban J connectivity index is 1.46. The Kier molecular flexibility index (Phi) is 5.07. The Labute approximate surface area is 157 Å². The van der Waals surface area contributed by atoms with E-state index in [2.05, 4.69) is 15.3 Å². The largest absolute Gasteiger partial charge is 0.378 e. The molecule has 0 spiro atoms. The lowest BCUT2D eigenvalue weighted by molar-refractivity contribution is 0.0303. The molecule has 0 unspecified atom stereocenters. The molecule has 0 saturated carbocycles. The molecule has 1 saturated heterocycles. The van der Waals surface area contributed by atoms with E-state index in [-0.39, 0.29) is 5.91 Å². The number of hydrogen-bond donors (Lipinski definition) is 1. The van der Waals surface area contributed by atoms with E-state index >= 15 is 0 Å². The Bertz CT molecular complexity index is 907. The van der Waals surface area contributed by atoms with Crippen LogP contribution in [0.2, 0.25) is 0 Å². The van der Waals surface area contributed by atoms with Gasteiger partial charge in [-0.3, -0.25) is 4.79 Å². The number of amides is 1. The SMILES string of the molecule is O=C(c1ccc(Nc2ccnc(-c3ccccc3)n2)cc1)N1CCOCC1. The van der Waals surface area contributed by atoms with Gasteiger partial charge in [0.2, 0.25) is 0 Å². The van der Waals surface area contributed by atoms with E-state index in [1.54, 1.807) is 6.20 Å². The molecule has 1 aliphatic heterocycles. The minimum absolute atomic E-state index is 0.0400. The number of ether oxygens (including phenoxy) is 1. The third kappa shape index (κ3) is 4.12. The molecule has 2 heterocycles. The zero-order valence-electron chi connectivity index (χ0n) is 14.8. The molecule has 27 heavy (non-hydrogen) atoms. The molecule has 1 N–H and O–H groups in total. The lowest BCUT2D eigenvalue weighted by atomic mass is 10.1. The number of carbonyl (C=O) groups is 1. The van der Waals surface area contributed by atoms with Gasteiger partial charge in [-0.2, -0.15) is 0 Å². The van der Waals surface area contributed by atoms with Crippen LogP contribution in [0.15, 0.2) is 66.9 Å². The average molecular weight is 360 g/mol. The second kappa shape index (κ2) is 7.97. The molecule has 3 aromatic rings. The van der Waals surface area contributed by atoms with E-state index < -0.39 is 0 Å². The van der Waals surface area contributed by atoms with Crippen LogP contribution < -0.4 is 5.32 Å². The van der Waals surface area contributed by atoms with Crippen molar-refractivity contribution in [2.24, 2.45) is 0 Å². The standard InChI is InChI=1S/C21H20N4O2/c26-21(25-12-14-27-15-13-25)17-6-8-18(9-7-17)23-19-10-11-22-20(24-19)16-4-2-1-3-5-16/h1-11H,12-15H2,(H,22,23,24). The second-order valence-corrected chi connectivity index (χ2v) is 6.24. The average Bonchev–Trinajstić information content (AvgIpc) is 2.75. The Morgan fingerprint density at radius 3 is 2.44 bits per heavy atom. The first-order chi connectivity index (χ1) is 13.3. The lowest BCUT2D eigenvalue weighted by Crippen LogP contribution is -2.40. The predicted octanol–water partition coefficient (Wildman–Crippen LogP) is 3.36. The summed E-state index contributed by atoms with van der Waals surface area (Å²) in [5, 5.41) is 3.26. The van der Waals surface area contributed by atoms with Crippen LogP contribution in [0.5, 0.6) is 0 Å². The van der Waals surface area contributed by atoms with Gasteiger partial charge in [-0.05, 0) is 30.3 Å². The second-order valence-electron chi connectivity index (χ2n) is 6.24. The first kappa shape index (κ1) is 17.2. The summed E-state index contributed by atoms with van der Waals surface area (Å²) in [5.41, 5.74) is 2.51. The summed E-state index contributed by atoms with van der Waals surface area (Å²) in [7, 11) is 0. The lowest BCUT2D eigenvalue weighted by Gasteiger charge is -2.26. The summed E-state index contributed by atoms with van der Waals surface area (Å²) in [4.78, 5) is 23.2. The first-order valence-electron chi connectivity index (χ1n) is 8.92. The number of anilines is 2. The van der Waals surface area contributed by atoms with E-state index in [1.165, 1.54) is 0 Å². The highest BCUT2D eigenvalue weighted by Crippen LogP contribution is 2.19. The number of morpholine rings is 1. The normalized spacial score (nSPS) is 14.0. The number of benzene rings is 2. The van der Waals surface area contributed by atoms with Gasteiger partial charge in [0, 0.05) is 36.1 Å². The highest BCUT2D eigenvalue weighted by molar-refractivity contribution is 5.94. The van der Waals surface area contributed by atoms with Gasteiger partial charge in [-0.15, -0.1) is 0 Å². The van der Waals surface area contributed by atoms with Crippen LogP contribution in [0.4, 0.5) is 11.5 Å². The van der Waals surface area contributed by atoms with Crippen LogP contribution >= 0.6 is 0 Å². The molecule has 2 aromatic carbocycles. The van der Waals surface area contributed by atoms with Crippen molar-refractivity contribution in [2.45, 2.75) is 0 Å². The quantitative estimate of drug-likeness (QED) is 0.773. The number of rotatable bonds is 4. The monoisotopic (exact) mass is 360 g/mol. The summed E-state index contributed by atoms with van der Waals surface area (Å²) >= 11 is 0. The van der Waals surface area contributed by atoms with Crippen molar-refractivity contribution in [3.8, 4) is 11.4 Å². The Morgan fingerprint density at radius 1 is 0.963 bits per heavy atom.